The molecule has 0 bridgehead atoms. The SMILES string of the molecule is COc1cc(Br)c(O)c(C=NNC(=O)COn2c(C)nc3ccccc3c2=O)c1. The van der Waals surface area contributed by atoms with Crippen LogP contribution in [0, 0.1) is 6.92 Å². The van der Waals surface area contributed by atoms with E-state index in [9.17, 15) is 14.7 Å². The number of aromatic hydroxyl groups is 1. The first-order chi connectivity index (χ1) is 13.9. The lowest BCUT2D eigenvalue weighted by molar-refractivity contribution is -0.126. The van der Waals surface area contributed by atoms with Gasteiger partial charge in [-0.05, 0) is 47.1 Å². The molecule has 10 heteroatoms. The van der Waals surface area contributed by atoms with Crippen LogP contribution in [-0.2, 0) is 4.79 Å². The van der Waals surface area contributed by atoms with Gasteiger partial charge in [0.2, 0.25) is 0 Å². The van der Waals surface area contributed by atoms with E-state index in [1.165, 1.54) is 13.3 Å². The third-order valence-corrected chi connectivity index (χ3v) is 4.52. The first-order valence-electron chi connectivity index (χ1n) is 8.40. The lowest BCUT2D eigenvalue weighted by Crippen LogP contribution is -2.35. The van der Waals surface area contributed by atoms with E-state index in [0.29, 0.717) is 32.5 Å². The predicted octanol–water partition coefficient (Wildman–Crippen LogP) is 1.76. The van der Waals surface area contributed by atoms with Crippen LogP contribution in [0.5, 0.6) is 11.5 Å². The first kappa shape index (κ1) is 20.3. The molecule has 0 aliphatic rings. The van der Waals surface area contributed by atoms with Crippen LogP contribution >= 0.6 is 15.9 Å². The number of nitrogens with one attached hydrogen (secondary N) is 1. The minimum absolute atomic E-state index is 0.0514. The Morgan fingerprint density at radius 3 is 2.90 bits per heavy atom. The summed E-state index contributed by atoms with van der Waals surface area (Å²) >= 11 is 3.20. The number of phenols is 1. The summed E-state index contributed by atoms with van der Waals surface area (Å²) in [5.74, 6) is 0.173. The van der Waals surface area contributed by atoms with Crippen molar-refractivity contribution in [3.63, 3.8) is 0 Å². The molecule has 0 saturated carbocycles. The number of aryl methyl sites for hydroxylation is 1. The fourth-order valence-corrected chi connectivity index (χ4v) is 2.97. The number of carbonyl (C=O) groups excluding carboxylic acids is 1. The number of methoxy groups -OCH3 is 1. The zero-order chi connectivity index (χ0) is 21.0. The van der Waals surface area contributed by atoms with Crippen molar-refractivity contribution >= 4 is 39.0 Å². The van der Waals surface area contributed by atoms with Crippen molar-refractivity contribution in [1.82, 2.24) is 15.1 Å². The van der Waals surface area contributed by atoms with Crippen molar-refractivity contribution in [2.45, 2.75) is 6.92 Å². The molecule has 0 aliphatic carbocycles. The van der Waals surface area contributed by atoms with Crippen molar-refractivity contribution in [3.8, 4) is 11.5 Å². The van der Waals surface area contributed by atoms with Gasteiger partial charge in [-0.15, -0.1) is 4.73 Å². The molecule has 1 aromatic heterocycles. The third-order valence-electron chi connectivity index (χ3n) is 3.91. The number of hydrogen-bond acceptors (Lipinski definition) is 7. The molecule has 0 atom stereocenters. The Morgan fingerprint density at radius 1 is 1.38 bits per heavy atom. The minimum Gasteiger partial charge on any atom is -0.506 e. The standard InChI is InChI=1S/C19H17BrN4O5/c1-11-22-16-6-4-3-5-14(16)19(27)24(11)29-10-17(25)23-21-9-12-7-13(28-2)8-15(20)18(12)26/h3-9,26H,10H2,1-2H3,(H,23,25). The lowest BCUT2D eigenvalue weighted by atomic mass is 10.2. The molecule has 0 fully saturated rings. The number of fused-ring (bicyclic) bond motifs is 1. The number of hydrogen-bond donors (Lipinski definition) is 2. The Kier molecular flexibility index (Phi) is 6.13. The number of phenolic OH excluding ortho intramolecular Hbond substituents is 1. The molecular weight excluding hydrogens is 444 g/mol. The van der Waals surface area contributed by atoms with E-state index in [2.05, 4.69) is 31.4 Å². The molecule has 2 N–H and O–H groups in total. The van der Waals surface area contributed by atoms with Crippen LogP contribution in [0.25, 0.3) is 10.9 Å². The first-order valence-corrected chi connectivity index (χ1v) is 9.20. The highest BCUT2D eigenvalue weighted by Gasteiger charge is 2.11. The Labute approximate surface area is 173 Å². The van der Waals surface area contributed by atoms with Crippen LogP contribution in [0.15, 0.2) is 50.8 Å². The van der Waals surface area contributed by atoms with E-state index in [-0.39, 0.29) is 5.75 Å². The molecule has 3 aromatic rings. The molecule has 1 heterocycles. The van der Waals surface area contributed by atoms with E-state index in [4.69, 9.17) is 9.57 Å². The van der Waals surface area contributed by atoms with Gasteiger partial charge in [-0.3, -0.25) is 9.59 Å². The summed E-state index contributed by atoms with van der Waals surface area (Å²) in [6.07, 6.45) is 1.26. The Bertz CT molecular complexity index is 1160. The van der Waals surface area contributed by atoms with Crippen molar-refractivity contribution in [1.29, 1.82) is 0 Å². The summed E-state index contributed by atoms with van der Waals surface area (Å²) in [6, 6.07) is 10.0. The molecule has 3 rings (SSSR count). The molecule has 0 unspecified atom stereocenters. The van der Waals surface area contributed by atoms with Gasteiger partial charge < -0.3 is 14.7 Å². The second-order valence-corrected chi connectivity index (χ2v) is 6.74. The molecule has 9 nitrogen and oxygen atoms in total. The maximum Gasteiger partial charge on any atom is 0.294 e. The van der Waals surface area contributed by atoms with Gasteiger partial charge in [-0.25, -0.2) is 10.4 Å². The summed E-state index contributed by atoms with van der Waals surface area (Å²) in [6.45, 7) is 1.15. The van der Waals surface area contributed by atoms with Gasteiger partial charge in [0.15, 0.2) is 6.61 Å². The van der Waals surface area contributed by atoms with Gasteiger partial charge in [0.25, 0.3) is 11.5 Å². The van der Waals surface area contributed by atoms with Gasteiger partial charge in [0.05, 0.1) is 28.7 Å². The molecular formula is C19H17BrN4O5. The average molecular weight is 461 g/mol. The molecule has 29 heavy (non-hydrogen) atoms. The number of ether oxygens (including phenoxy) is 1. The van der Waals surface area contributed by atoms with Gasteiger partial charge in [-0.2, -0.15) is 5.10 Å². The lowest BCUT2D eigenvalue weighted by Gasteiger charge is -2.11. The van der Waals surface area contributed by atoms with Crippen LogP contribution in [0.2, 0.25) is 0 Å². The summed E-state index contributed by atoms with van der Waals surface area (Å²) in [4.78, 5) is 34.1. The Balaban J connectivity index is 1.67. The zero-order valence-electron chi connectivity index (χ0n) is 15.5. The predicted molar refractivity (Wildman–Crippen MR) is 110 cm³/mol. The van der Waals surface area contributed by atoms with E-state index in [1.54, 1.807) is 43.3 Å². The summed E-state index contributed by atoms with van der Waals surface area (Å²) in [5, 5.41) is 14.2. The van der Waals surface area contributed by atoms with Gasteiger partial charge in [0.1, 0.15) is 17.3 Å². The smallest absolute Gasteiger partial charge is 0.294 e. The van der Waals surface area contributed by atoms with E-state index in [1.807, 2.05) is 0 Å². The zero-order valence-corrected chi connectivity index (χ0v) is 17.1. The number of aromatic nitrogens is 2. The molecule has 150 valence electrons. The van der Waals surface area contributed by atoms with Crippen LogP contribution in [0.3, 0.4) is 0 Å². The fraction of sp³-hybridized carbons (Fsp3) is 0.158. The normalized spacial score (nSPS) is 11.0. The highest BCUT2D eigenvalue weighted by Crippen LogP contribution is 2.31. The number of para-hydroxylation sites is 1. The van der Waals surface area contributed by atoms with E-state index >= 15 is 0 Å². The van der Waals surface area contributed by atoms with Crippen LogP contribution < -0.4 is 20.6 Å². The summed E-state index contributed by atoms with van der Waals surface area (Å²) < 4.78 is 6.50. The number of amides is 1. The average Bonchev–Trinajstić information content (AvgIpc) is 2.70. The largest absolute Gasteiger partial charge is 0.506 e. The second kappa shape index (κ2) is 8.74. The molecule has 1 amide bonds. The maximum absolute atomic E-state index is 12.5. The molecule has 0 spiro atoms. The Hall–Kier alpha value is -3.40. The van der Waals surface area contributed by atoms with Gasteiger partial charge >= 0.3 is 0 Å². The van der Waals surface area contributed by atoms with Crippen LogP contribution in [0.4, 0.5) is 0 Å². The highest BCUT2D eigenvalue weighted by atomic mass is 79.9. The number of nitrogens with zero attached hydrogens (tertiary/aromatic N) is 3. The monoisotopic (exact) mass is 460 g/mol. The molecule has 0 saturated heterocycles. The van der Waals surface area contributed by atoms with Crippen molar-refractivity contribution < 1.29 is 19.5 Å². The summed E-state index contributed by atoms with van der Waals surface area (Å²) in [5.41, 5.74) is 2.74. The number of rotatable bonds is 6. The van der Waals surface area contributed by atoms with Crippen LogP contribution in [0.1, 0.15) is 11.4 Å². The van der Waals surface area contributed by atoms with E-state index < -0.39 is 18.1 Å². The number of halogens is 1. The van der Waals surface area contributed by atoms with E-state index in [0.717, 1.165) is 4.73 Å². The molecule has 0 radical (unpaired) electrons. The number of carbonyl (C=O) groups is 1. The van der Waals surface area contributed by atoms with Crippen molar-refractivity contribution in [2.75, 3.05) is 13.7 Å². The van der Waals surface area contributed by atoms with Gasteiger partial charge in [-0.1, -0.05) is 12.1 Å². The van der Waals surface area contributed by atoms with Crippen molar-refractivity contribution in [2.24, 2.45) is 5.10 Å². The number of benzene rings is 2. The summed E-state index contributed by atoms with van der Waals surface area (Å²) in [7, 11) is 1.49. The van der Waals surface area contributed by atoms with Gasteiger partial charge in [0, 0.05) is 5.56 Å². The Morgan fingerprint density at radius 2 is 2.14 bits per heavy atom. The topological polar surface area (TPSA) is 115 Å². The fourth-order valence-electron chi connectivity index (χ4n) is 2.52. The molecule has 2 aromatic carbocycles. The maximum atomic E-state index is 12.5. The quantitative estimate of drug-likeness (QED) is 0.427. The second-order valence-electron chi connectivity index (χ2n) is 5.89. The third kappa shape index (κ3) is 4.54. The highest BCUT2D eigenvalue weighted by molar-refractivity contribution is 9.10. The molecule has 0 aliphatic heterocycles. The van der Waals surface area contributed by atoms with Crippen LogP contribution in [-0.4, -0.2) is 40.7 Å². The number of hydrazone groups is 1. The minimum atomic E-state index is -0.595. The van der Waals surface area contributed by atoms with Crippen molar-refractivity contribution in [3.05, 3.63) is 62.6 Å².